The van der Waals surface area contributed by atoms with Gasteiger partial charge in [-0.25, -0.2) is 0 Å². The van der Waals surface area contributed by atoms with Crippen LogP contribution in [0.5, 0.6) is 0 Å². The molecule has 0 bridgehead atoms. The fourth-order valence-corrected chi connectivity index (χ4v) is 3.42. The van der Waals surface area contributed by atoms with E-state index in [-0.39, 0.29) is 24.0 Å². The number of aliphatic hydroxyl groups is 1. The fourth-order valence-electron chi connectivity index (χ4n) is 3.42. The van der Waals surface area contributed by atoms with E-state index in [4.69, 9.17) is 0 Å². The topological polar surface area (TPSA) is 61.4 Å². The Hall–Kier alpha value is -1.39. The number of rotatable bonds is 3. The number of hydrogen-bond acceptors (Lipinski definition) is 3. The summed E-state index contributed by atoms with van der Waals surface area (Å²) in [5.41, 5.74) is 2.54. The molecule has 3 atom stereocenters. The molecule has 114 valence electrons. The maximum absolute atomic E-state index is 12.3. The quantitative estimate of drug-likeness (QED) is 0.787. The highest BCUT2D eigenvalue weighted by Gasteiger charge is 2.27. The summed E-state index contributed by atoms with van der Waals surface area (Å²) in [4.78, 5) is 12.3. The molecule has 21 heavy (non-hydrogen) atoms. The van der Waals surface area contributed by atoms with Gasteiger partial charge in [0.05, 0.1) is 12.1 Å². The Morgan fingerprint density at radius 3 is 2.81 bits per heavy atom. The molecule has 1 amide bonds. The van der Waals surface area contributed by atoms with E-state index in [0.29, 0.717) is 6.54 Å². The second kappa shape index (κ2) is 6.58. The van der Waals surface area contributed by atoms with Crippen LogP contribution in [0.3, 0.4) is 0 Å². The average molecular weight is 288 g/mol. The zero-order valence-electron chi connectivity index (χ0n) is 12.3. The summed E-state index contributed by atoms with van der Waals surface area (Å²) >= 11 is 0. The van der Waals surface area contributed by atoms with Crippen LogP contribution in [0.2, 0.25) is 0 Å². The minimum Gasteiger partial charge on any atom is -0.393 e. The fraction of sp³-hybridized carbons (Fsp3) is 0.588. The SMILES string of the molecule is O=C(NCC1CCCCC1O)C1Cc2ccccc2CN1. The number of amides is 1. The first-order valence-corrected chi connectivity index (χ1v) is 8.00. The molecular weight excluding hydrogens is 264 g/mol. The molecule has 4 heteroatoms. The van der Waals surface area contributed by atoms with Gasteiger partial charge >= 0.3 is 0 Å². The molecule has 1 fully saturated rings. The van der Waals surface area contributed by atoms with Gasteiger partial charge in [-0.05, 0) is 30.4 Å². The van der Waals surface area contributed by atoms with E-state index < -0.39 is 0 Å². The van der Waals surface area contributed by atoms with Crippen LogP contribution in [0, 0.1) is 5.92 Å². The van der Waals surface area contributed by atoms with Gasteiger partial charge in [-0.2, -0.15) is 0 Å². The van der Waals surface area contributed by atoms with E-state index in [0.717, 1.165) is 38.6 Å². The molecule has 1 saturated carbocycles. The van der Waals surface area contributed by atoms with Gasteiger partial charge in [-0.3, -0.25) is 4.79 Å². The molecule has 3 N–H and O–H groups in total. The number of nitrogens with one attached hydrogen (secondary N) is 2. The van der Waals surface area contributed by atoms with Gasteiger partial charge in [0.15, 0.2) is 0 Å². The van der Waals surface area contributed by atoms with Gasteiger partial charge in [0.25, 0.3) is 0 Å². The summed E-state index contributed by atoms with van der Waals surface area (Å²) in [6.45, 7) is 1.35. The number of hydrogen-bond donors (Lipinski definition) is 3. The minimum atomic E-state index is -0.251. The highest BCUT2D eigenvalue weighted by molar-refractivity contribution is 5.82. The van der Waals surface area contributed by atoms with Crippen LogP contribution in [0.15, 0.2) is 24.3 Å². The normalized spacial score (nSPS) is 28.7. The van der Waals surface area contributed by atoms with Crippen molar-refractivity contribution >= 4 is 5.91 Å². The molecule has 2 aliphatic rings. The second-order valence-electron chi connectivity index (χ2n) is 6.26. The predicted molar refractivity (Wildman–Crippen MR) is 81.7 cm³/mol. The van der Waals surface area contributed by atoms with E-state index in [1.54, 1.807) is 0 Å². The molecule has 1 aliphatic heterocycles. The van der Waals surface area contributed by atoms with Gasteiger partial charge in [0, 0.05) is 19.0 Å². The highest BCUT2D eigenvalue weighted by atomic mass is 16.3. The zero-order chi connectivity index (χ0) is 14.7. The lowest BCUT2D eigenvalue weighted by molar-refractivity contribution is -0.123. The molecule has 1 heterocycles. The third-order valence-corrected chi connectivity index (χ3v) is 4.81. The van der Waals surface area contributed by atoms with Gasteiger partial charge in [0.2, 0.25) is 5.91 Å². The maximum Gasteiger partial charge on any atom is 0.237 e. The Bertz CT molecular complexity index is 503. The van der Waals surface area contributed by atoms with Crippen LogP contribution < -0.4 is 10.6 Å². The lowest BCUT2D eigenvalue weighted by Gasteiger charge is -2.29. The van der Waals surface area contributed by atoms with Gasteiger partial charge in [0.1, 0.15) is 0 Å². The first-order valence-electron chi connectivity index (χ1n) is 8.00. The zero-order valence-corrected chi connectivity index (χ0v) is 12.3. The van der Waals surface area contributed by atoms with Crippen molar-refractivity contribution in [1.82, 2.24) is 10.6 Å². The Kier molecular flexibility index (Phi) is 4.56. The van der Waals surface area contributed by atoms with Gasteiger partial charge in [-0.1, -0.05) is 37.1 Å². The lowest BCUT2D eigenvalue weighted by Crippen LogP contribution is -2.49. The molecule has 0 radical (unpaired) electrons. The van der Waals surface area contributed by atoms with Crippen molar-refractivity contribution < 1.29 is 9.90 Å². The number of aliphatic hydroxyl groups excluding tert-OH is 1. The monoisotopic (exact) mass is 288 g/mol. The van der Waals surface area contributed by atoms with Crippen molar-refractivity contribution in [2.24, 2.45) is 5.92 Å². The first kappa shape index (κ1) is 14.5. The van der Waals surface area contributed by atoms with Crippen molar-refractivity contribution in [3.63, 3.8) is 0 Å². The number of carbonyl (C=O) groups is 1. The van der Waals surface area contributed by atoms with Crippen molar-refractivity contribution in [3.05, 3.63) is 35.4 Å². The van der Waals surface area contributed by atoms with Crippen molar-refractivity contribution in [2.45, 2.75) is 50.8 Å². The number of fused-ring (bicyclic) bond motifs is 1. The van der Waals surface area contributed by atoms with Crippen molar-refractivity contribution in [3.8, 4) is 0 Å². The van der Waals surface area contributed by atoms with E-state index in [2.05, 4.69) is 22.8 Å². The molecule has 0 aromatic heterocycles. The van der Waals surface area contributed by atoms with Crippen LogP contribution in [0.4, 0.5) is 0 Å². The van der Waals surface area contributed by atoms with Crippen molar-refractivity contribution in [1.29, 1.82) is 0 Å². The van der Waals surface area contributed by atoms with Gasteiger partial charge < -0.3 is 15.7 Å². The first-order chi connectivity index (χ1) is 10.2. The van der Waals surface area contributed by atoms with E-state index in [1.807, 2.05) is 12.1 Å². The Morgan fingerprint density at radius 1 is 1.24 bits per heavy atom. The smallest absolute Gasteiger partial charge is 0.237 e. The summed E-state index contributed by atoms with van der Waals surface area (Å²) in [6, 6.07) is 8.11. The molecular formula is C17H24N2O2. The van der Waals surface area contributed by atoms with Crippen LogP contribution in [-0.4, -0.2) is 29.7 Å². The third-order valence-electron chi connectivity index (χ3n) is 4.81. The van der Waals surface area contributed by atoms with E-state index in [9.17, 15) is 9.90 Å². The molecule has 0 saturated heterocycles. The van der Waals surface area contributed by atoms with Crippen LogP contribution in [-0.2, 0) is 17.8 Å². The molecule has 3 unspecified atom stereocenters. The summed E-state index contributed by atoms with van der Waals surface area (Å²) in [7, 11) is 0. The Morgan fingerprint density at radius 2 is 2.00 bits per heavy atom. The summed E-state index contributed by atoms with van der Waals surface area (Å²) in [5.74, 6) is 0.279. The van der Waals surface area contributed by atoms with Crippen LogP contribution >= 0.6 is 0 Å². The van der Waals surface area contributed by atoms with Crippen LogP contribution in [0.1, 0.15) is 36.8 Å². The molecule has 0 spiro atoms. The molecule has 1 aliphatic carbocycles. The highest BCUT2D eigenvalue weighted by Crippen LogP contribution is 2.23. The van der Waals surface area contributed by atoms with Crippen molar-refractivity contribution in [2.75, 3.05) is 6.54 Å². The van der Waals surface area contributed by atoms with E-state index in [1.165, 1.54) is 11.1 Å². The molecule has 3 rings (SSSR count). The average Bonchev–Trinajstić information content (AvgIpc) is 2.53. The predicted octanol–water partition coefficient (Wildman–Crippen LogP) is 1.37. The minimum absolute atomic E-state index is 0.0577. The summed E-state index contributed by atoms with van der Waals surface area (Å²) in [5, 5.41) is 16.3. The lowest BCUT2D eigenvalue weighted by atomic mass is 9.86. The summed E-state index contributed by atoms with van der Waals surface area (Å²) in [6.07, 6.45) is 4.64. The third kappa shape index (κ3) is 3.44. The molecule has 1 aromatic carbocycles. The Balaban J connectivity index is 1.52. The summed E-state index contributed by atoms with van der Waals surface area (Å²) < 4.78 is 0. The largest absolute Gasteiger partial charge is 0.393 e. The standard InChI is InChI=1S/C17H24N2O2/c20-16-8-4-3-7-14(16)11-19-17(21)15-9-12-5-1-2-6-13(12)10-18-15/h1-2,5-6,14-16,18,20H,3-4,7-11H2,(H,19,21). The van der Waals surface area contributed by atoms with Crippen LogP contribution in [0.25, 0.3) is 0 Å². The Labute approximate surface area is 125 Å². The molecule has 1 aromatic rings. The van der Waals surface area contributed by atoms with Gasteiger partial charge in [-0.15, -0.1) is 0 Å². The molecule has 4 nitrogen and oxygen atoms in total. The maximum atomic E-state index is 12.3. The second-order valence-corrected chi connectivity index (χ2v) is 6.26. The number of carbonyl (C=O) groups excluding carboxylic acids is 1. The van der Waals surface area contributed by atoms with E-state index >= 15 is 0 Å². The number of benzene rings is 1.